The van der Waals surface area contributed by atoms with E-state index in [1.807, 2.05) is 13.2 Å². The summed E-state index contributed by atoms with van der Waals surface area (Å²) in [5.41, 5.74) is 0. The first-order valence-corrected chi connectivity index (χ1v) is 7.70. The lowest BCUT2D eigenvalue weighted by Gasteiger charge is -2.13. The van der Waals surface area contributed by atoms with Gasteiger partial charge in [0.05, 0.1) is 0 Å². The number of rotatable bonds is 10. The molecule has 1 unspecified atom stereocenters. The molecule has 0 spiro atoms. The molecule has 18 heavy (non-hydrogen) atoms. The summed E-state index contributed by atoms with van der Waals surface area (Å²) in [5.74, 6) is 0.165. The summed E-state index contributed by atoms with van der Waals surface area (Å²) in [6, 6.07) is 0.0534. The quantitative estimate of drug-likeness (QED) is 0.534. The highest BCUT2D eigenvalue weighted by atomic mass is 32.2. The Bertz CT molecular complexity index is 249. The van der Waals surface area contributed by atoms with Crippen LogP contribution in [0.3, 0.4) is 0 Å². The smallest absolute Gasteiger partial charge is 0.315 e. The SMILES string of the molecule is CSCC(C)NC(=O)NCCCCCCC(=O)O. The molecule has 0 radical (unpaired) electrons. The minimum atomic E-state index is -0.740. The number of hydrogen-bond donors (Lipinski definition) is 3. The zero-order chi connectivity index (χ0) is 13.8. The van der Waals surface area contributed by atoms with E-state index in [1.165, 1.54) is 0 Å². The first-order valence-electron chi connectivity index (χ1n) is 6.31. The van der Waals surface area contributed by atoms with Gasteiger partial charge in [-0.3, -0.25) is 4.79 Å². The number of aliphatic carboxylic acids is 1. The third kappa shape index (κ3) is 11.6. The van der Waals surface area contributed by atoms with Gasteiger partial charge in [0.25, 0.3) is 0 Å². The van der Waals surface area contributed by atoms with Crippen LogP contribution in [0.1, 0.15) is 39.0 Å². The fourth-order valence-corrected chi connectivity index (χ4v) is 2.11. The fourth-order valence-electron chi connectivity index (χ4n) is 1.52. The Morgan fingerprint density at radius 3 is 2.50 bits per heavy atom. The number of amides is 2. The van der Waals surface area contributed by atoms with Crippen molar-refractivity contribution in [2.45, 2.75) is 45.1 Å². The Labute approximate surface area is 113 Å². The molecule has 2 amide bonds. The molecule has 0 rings (SSSR count). The van der Waals surface area contributed by atoms with Crippen molar-refractivity contribution in [3.05, 3.63) is 0 Å². The van der Waals surface area contributed by atoms with Crippen molar-refractivity contribution in [3.8, 4) is 0 Å². The van der Waals surface area contributed by atoms with Gasteiger partial charge in [0, 0.05) is 24.8 Å². The molecule has 5 nitrogen and oxygen atoms in total. The minimum absolute atomic E-state index is 0.123. The highest BCUT2D eigenvalue weighted by Crippen LogP contribution is 2.02. The summed E-state index contributed by atoms with van der Waals surface area (Å²) < 4.78 is 0. The number of carbonyl (C=O) groups is 2. The largest absolute Gasteiger partial charge is 0.481 e. The first-order chi connectivity index (χ1) is 8.56. The summed E-state index contributed by atoms with van der Waals surface area (Å²) in [5, 5.41) is 14.1. The Kier molecular flexibility index (Phi) is 10.6. The summed E-state index contributed by atoms with van der Waals surface area (Å²) in [7, 11) is 0. The Morgan fingerprint density at radius 1 is 1.22 bits per heavy atom. The highest BCUT2D eigenvalue weighted by Gasteiger charge is 2.05. The molecule has 3 N–H and O–H groups in total. The number of carboxylic acids is 1. The van der Waals surface area contributed by atoms with E-state index in [4.69, 9.17) is 5.11 Å². The van der Waals surface area contributed by atoms with Gasteiger partial charge in [-0.1, -0.05) is 12.8 Å². The van der Waals surface area contributed by atoms with E-state index in [9.17, 15) is 9.59 Å². The summed E-state index contributed by atoms with van der Waals surface area (Å²) >= 11 is 1.70. The zero-order valence-corrected chi connectivity index (χ0v) is 12.0. The number of urea groups is 1. The van der Waals surface area contributed by atoms with E-state index in [1.54, 1.807) is 11.8 Å². The van der Waals surface area contributed by atoms with Crippen LogP contribution in [0.25, 0.3) is 0 Å². The van der Waals surface area contributed by atoms with E-state index < -0.39 is 5.97 Å². The Hall–Kier alpha value is -0.910. The van der Waals surface area contributed by atoms with Crippen LogP contribution in [-0.4, -0.2) is 41.7 Å². The molecule has 0 fully saturated rings. The number of carboxylic acid groups (broad SMARTS) is 1. The fraction of sp³-hybridized carbons (Fsp3) is 0.833. The third-order valence-electron chi connectivity index (χ3n) is 2.40. The van der Waals surface area contributed by atoms with Gasteiger partial charge in [0.1, 0.15) is 0 Å². The van der Waals surface area contributed by atoms with E-state index in [2.05, 4.69) is 10.6 Å². The van der Waals surface area contributed by atoms with Crippen molar-refractivity contribution < 1.29 is 14.7 Å². The van der Waals surface area contributed by atoms with Gasteiger partial charge in [-0.05, 0) is 26.0 Å². The topological polar surface area (TPSA) is 78.4 Å². The van der Waals surface area contributed by atoms with E-state index >= 15 is 0 Å². The molecule has 0 saturated carbocycles. The van der Waals surface area contributed by atoms with Crippen molar-refractivity contribution in [2.24, 2.45) is 0 Å². The second-order valence-corrected chi connectivity index (χ2v) is 5.23. The van der Waals surface area contributed by atoms with E-state index in [-0.39, 0.29) is 18.5 Å². The van der Waals surface area contributed by atoms with Gasteiger partial charge in [-0.25, -0.2) is 4.79 Å². The van der Waals surface area contributed by atoms with Gasteiger partial charge in [0.15, 0.2) is 0 Å². The molecule has 0 aromatic rings. The molecule has 0 aromatic heterocycles. The second-order valence-electron chi connectivity index (χ2n) is 4.31. The second kappa shape index (κ2) is 11.2. The van der Waals surface area contributed by atoms with E-state index in [0.29, 0.717) is 13.0 Å². The first kappa shape index (κ1) is 17.1. The van der Waals surface area contributed by atoms with Crippen LogP contribution in [0.5, 0.6) is 0 Å². The summed E-state index contributed by atoms with van der Waals surface area (Å²) in [6.07, 6.45) is 5.70. The van der Waals surface area contributed by atoms with Crippen LogP contribution in [-0.2, 0) is 4.79 Å². The molecule has 0 heterocycles. The maximum absolute atomic E-state index is 11.4. The normalized spacial score (nSPS) is 11.9. The molecule has 0 aliphatic heterocycles. The van der Waals surface area contributed by atoms with Gasteiger partial charge in [0.2, 0.25) is 0 Å². The number of thioether (sulfide) groups is 1. The molecule has 0 aliphatic rings. The average Bonchev–Trinajstić information content (AvgIpc) is 2.27. The molecule has 0 saturated heterocycles. The minimum Gasteiger partial charge on any atom is -0.481 e. The molecular formula is C12H24N2O3S. The van der Waals surface area contributed by atoms with Crippen molar-refractivity contribution in [1.29, 1.82) is 0 Å². The zero-order valence-electron chi connectivity index (χ0n) is 11.2. The van der Waals surface area contributed by atoms with Crippen molar-refractivity contribution in [2.75, 3.05) is 18.6 Å². The molecule has 0 aromatic carbocycles. The lowest BCUT2D eigenvalue weighted by atomic mass is 10.1. The van der Waals surface area contributed by atoms with Gasteiger partial charge in [-0.15, -0.1) is 0 Å². The maximum Gasteiger partial charge on any atom is 0.315 e. The number of carbonyl (C=O) groups excluding carboxylic acids is 1. The Morgan fingerprint density at radius 2 is 1.89 bits per heavy atom. The van der Waals surface area contributed by atoms with Crippen LogP contribution >= 0.6 is 11.8 Å². The average molecular weight is 276 g/mol. The number of unbranched alkanes of at least 4 members (excludes halogenated alkanes) is 3. The molecule has 106 valence electrons. The summed E-state index contributed by atoms with van der Waals surface area (Å²) in [6.45, 7) is 2.62. The van der Waals surface area contributed by atoms with Crippen LogP contribution in [0.15, 0.2) is 0 Å². The maximum atomic E-state index is 11.4. The predicted octanol–water partition coefficient (Wildman–Crippen LogP) is 2.07. The van der Waals surface area contributed by atoms with E-state index in [0.717, 1.165) is 25.0 Å². The lowest BCUT2D eigenvalue weighted by Crippen LogP contribution is -2.42. The monoisotopic (exact) mass is 276 g/mol. The molecular weight excluding hydrogens is 252 g/mol. The van der Waals surface area contributed by atoms with Crippen LogP contribution in [0, 0.1) is 0 Å². The highest BCUT2D eigenvalue weighted by molar-refractivity contribution is 7.98. The molecule has 1 atom stereocenters. The van der Waals surface area contributed by atoms with Gasteiger partial charge in [-0.2, -0.15) is 11.8 Å². The van der Waals surface area contributed by atoms with Gasteiger partial charge < -0.3 is 15.7 Å². The van der Waals surface area contributed by atoms with Crippen molar-refractivity contribution in [1.82, 2.24) is 10.6 Å². The molecule has 0 aliphatic carbocycles. The van der Waals surface area contributed by atoms with Crippen LogP contribution < -0.4 is 10.6 Å². The van der Waals surface area contributed by atoms with Crippen LogP contribution in [0.4, 0.5) is 4.79 Å². The Balaban J connectivity index is 3.32. The number of hydrogen-bond acceptors (Lipinski definition) is 3. The third-order valence-corrected chi connectivity index (χ3v) is 3.23. The van der Waals surface area contributed by atoms with Crippen molar-refractivity contribution >= 4 is 23.8 Å². The van der Waals surface area contributed by atoms with Crippen LogP contribution in [0.2, 0.25) is 0 Å². The lowest BCUT2D eigenvalue weighted by molar-refractivity contribution is -0.137. The number of nitrogens with one attached hydrogen (secondary N) is 2. The van der Waals surface area contributed by atoms with Gasteiger partial charge >= 0.3 is 12.0 Å². The molecule has 6 heteroatoms. The van der Waals surface area contributed by atoms with Crippen molar-refractivity contribution in [3.63, 3.8) is 0 Å². The standard InChI is InChI=1S/C12H24N2O3S/c1-10(9-18-2)14-12(17)13-8-6-4-3-5-7-11(15)16/h10H,3-9H2,1-2H3,(H,15,16)(H2,13,14,17). The summed E-state index contributed by atoms with van der Waals surface area (Å²) in [4.78, 5) is 21.7. The molecule has 0 bridgehead atoms. The predicted molar refractivity (Wildman–Crippen MR) is 75.1 cm³/mol.